The number of ether oxygens (including phenoxy) is 3. The molecule has 0 amide bonds. The van der Waals surface area contributed by atoms with Gasteiger partial charge in [0, 0.05) is 19.5 Å². The van der Waals surface area contributed by atoms with Crippen LogP contribution in [0.15, 0.2) is 36.4 Å². The first-order valence-electron chi connectivity index (χ1n) is 13.5. The Kier molecular flexibility index (Phi) is 12.5. The second-order valence-electron chi connectivity index (χ2n) is 9.97. The molecule has 7 heteroatoms. The highest BCUT2D eigenvalue weighted by Gasteiger charge is 2.30. The summed E-state index contributed by atoms with van der Waals surface area (Å²) in [6.45, 7) is 5.58. The molecule has 0 bridgehead atoms. The number of allylic oxidation sites excluding steroid dienone is 2. The van der Waals surface area contributed by atoms with Gasteiger partial charge in [-0.1, -0.05) is 37.1 Å². The van der Waals surface area contributed by atoms with Gasteiger partial charge in [0.2, 0.25) is 0 Å². The van der Waals surface area contributed by atoms with E-state index in [0.717, 1.165) is 57.0 Å². The first-order chi connectivity index (χ1) is 17.0. The summed E-state index contributed by atoms with van der Waals surface area (Å²) in [5.74, 6) is 1.61. The Balaban J connectivity index is 1.41. The van der Waals surface area contributed by atoms with Crippen molar-refractivity contribution in [1.29, 1.82) is 0 Å². The maximum absolute atomic E-state index is 10.8. The number of aliphatic hydroxyl groups is 2. The summed E-state index contributed by atoms with van der Waals surface area (Å²) in [4.78, 5) is 2.27. The van der Waals surface area contributed by atoms with Gasteiger partial charge in [0.15, 0.2) is 6.29 Å². The lowest BCUT2D eigenvalue weighted by molar-refractivity contribution is -0.249. The minimum Gasteiger partial charge on any atom is -0.492 e. The molecule has 0 spiro atoms. The highest BCUT2D eigenvalue weighted by Crippen LogP contribution is 2.23. The maximum Gasteiger partial charge on any atom is 0.155 e. The molecule has 1 aromatic rings. The molecule has 0 aromatic heterocycles. The standard InChI is InChI=1S/C28H46N2O5/c1-22-34-21-27(32)28(35-22)19-25(31)20-30(16-6-2-3-7-23-9-10-23)17-18-33-26-13-11-24(12-14-26)8-4-5-15-29/h9-14,22-23,25,27-28,31-32H,2-8,15-21,29H2,1H3/t22?,25-,27-,28+/m1/s1. The third-order valence-corrected chi connectivity index (χ3v) is 6.77. The van der Waals surface area contributed by atoms with Crippen molar-refractivity contribution >= 4 is 0 Å². The molecule has 1 unspecified atom stereocenters. The molecule has 0 saturated carbocycles. The molecule has 1 aliphatic carbocycles. The van der Waals surface area contributed by atoms with Crippen molar-refractivity contribution in [1.82, 2.24) is 4.90 Å². The summed E-state index contributed by atoms with van der Waals surface area (Å²) >= 11 is 0. The number of hydrogen-bond donors (Lipinski definition) is 3. The van der Waals surface area contributed by atoms with Crippen molar-refractivity contribution in [3.8, 4) is 5.75 Å². The summed E-state index contributed by atoms with van der Waals surface area (Å²) < 4.78 is 17.0. The number of aryl methyl sites for hydroxylation is 1. The summed E-state index contributed by atoms with van der Waals surface area (Å²) in [5.41, 5.74) is 6.89. The quantitative estimate of drug-likeness (QED) is 0.215. The van der Waals surface area contributed by atoms with Crippen LogP contribution < -0.4 is 10.5 Å². The molecule has 1 aliphatic heterocycles. The molecule has 3 rings (SSSR count). The Morgan fingerprint density at radius 3 is 2.63 bits per heavy atom. The Labute approximate surface area is 211 Å². The minimum absolute atomic E-state index is 0.248. The fourth-order valence-corrected chi connectivity index (χ4v) is 4.55. The van der Waals surface area contributed by atoms with Gasteiger partial charge in [-0.25, -0.2) is 0 Å². The van der Waals surface area contributed by atoms with Gasteiger partial charge in [-0.2, -0.15) is 0 Å². The topological polar surface area (TPSA) is 97.4 Å². The number of nitrogens with two attached hydrogens (primary N) is 1. The lowest BCUT2D eigenvalue weighted by Crippen LogP contribution is -2.46. The van der Waals surface area contributed by atoms with Crippen LogP contribution >= 0.6 is 0 Å². The molecule has 35 heavy (non-hydrogen) atoms. The fourth-order valence-electron chi connectivity index (χ4n) is 4.55. The predicted molar refractivity (Wildman–Crippen MR) is 138 cm³/mol. The molecule has 2 aliphatic rings. The predicted octanol–water partition coefficient (Wildman–Crippen LogP) is 3.27. The molecule has 4 N–H and O–H groups in total. The Morgan fingerprint density at radius 1 is 1.09 bits per heavy atom. The maximum atomic E-state index is 10.8. The second-order valence-corrected chi connectivity index (χ2v) is 9.97. The van der Waals surface area contributed by atoms with Crippen LogP contribution in [0, 0.1) is 5.92 Å². The van der Waals surface area contributed by atoms with E-state index >= 15 is 0 Å². The van der Waals surface area contributed by atoms with E-state index in [9.17, 15) is 10.2 Å². The molecule has 198 valence electrons. The van der Waals surface area contributed by atoms with Gasteiger partial charge in [-0.3, -0.25) is 4.90 Å². The first kappa shape index (κ1) is 28.1. The zero-order valence-corrected chi connectivity index (χ0v) is 21.4. The summed E-state index contributed by atoms with van der Waals surface area (Å²) in [6, 6.07) is 8.33. The van der Waals surface area contributed by atoms with Crippen LogP contribution in [0.5, 0.6) is 5.75 Å². The van der Waals surface area contributed by atoms with Crippen molar-refractivity contribution in [2.75, 3.05) is 39.4 Å². The van der Waals surface area contributed by atoms with Crippen LogP contribution in [-0.2, 0) is 15.9 Å². The van der Waals surface area contributed by atoms with Gasteiger partial charge in [-0.05, 0) is 75.7 Å². The lowest BCUT2D eigenvalue weighted by Gasteiger charge is -2.34. The second kappa shape index (κ2) is 15.6. The van der Waals surface area contributed by atoms with E-state index in [-0.39, 0.29) is 12.9 Å². The van der Waals surface area contributed by atoms with Gasteiger partial charge in [-0.15, -0.1) is 0 Å². The monoisotopic (exact) mass is 490 g/mol. The fraction of sp³-hybridized carbons (Fsp3) is 0.714. The average molecular weight is 491 g/mol. The van der Waals surface area contributed by atoms with Gasteiger partial charge >= 0.3 is 0 Å². The molecule has 7 nitrogen and oxygen atoms in total. The molecule has 0 radical (unpaired) electrons. The van der Waals surface area contributed by atoms with Crippen LogP contribution in [0.25, 0.3) is 0 Å². The Bertz CT molecular complexity index is 723. The summed E-state index contributed by atoms with van der Waals surface area (Å²) in [7, 11) is 0. The van der Waals surface area contributed by atoms with Crippen LogP contribution in [0.1, 0.15) is 57.4 Å². The van der Waals surface area contributed by atoms with Crippen molar-refractivity contribution in [3.63, 3.8) is 0 Å². The number of benzene rings is 1. The van der Waals surface area contributed by atoms with Crippen molar-refractivity contribution in [3.05, 3.63) is 42.0 Å². The normalized spacial score (nSPS) is 23.1. The zero-order valence-electron chi connectivity index (χ0n) is 21.4. The first-order valence-corrected chi connectivity index (χ1v) is 13.5. The molecule has 1 heterocycles. The smallest absolute Gasteiger partial charge is 0.155 e. The zero-order chi connectivity index (χ0) is 24.9. The third kappa shape index (κ3) is 11.4. The van der Waals surface area contributed by atoms with E-state index in [1.54, 1.807) is 0 Å². The lowest BCUT2D eigenvalue weighted by atomic mass is 10.1. The van der Waals surface area contributed by atoms with Crippen LogP contribution in [0.4, 0.5) is 0 Å². The Hall–Kier alpha value is -1.48. The van der Waals surface area contributed by atoms with Crippen molar-refractivity contribution < 1.29 is 24.4 Å². The van der Waals surface area contributed by atoms with Crippen LogP contribution in [0.3, 0.4) is 0 Å². The van der Waals surface area contributed by atoms with E-state index in [1.165, 1.54) is 24.8 Å². The van der Waals surface area contributed by atoms with Crippen LogP contribution in [-0.4, -0.2) is 79.1 Å². The summed E-state index contributed by atoms with van der Waals surface area (Å²) in [5, 5.41) is 20.9. The van der Waals surface area contributed by atoms with Gasteiger partial charge in [0.25, 0.3) is 0 Å². The van der Waals surface area contributed by atoms with E-state index < -0.39 is 18.3 Å². The average Bonchev–Trinajstić information content (AvgIpc) is 3.67. The van der Waals surface area contributed by atoms with Gasteiger partial charge < -0.3 is 30.2 Å². The Morgan fingerprint density at radius 2 is 1.89 bits per heavy atom. The SMILES string of the molecule is CC1OC[C@@H](O)[C@H](C[C@@H](O)CN(CCCCCC2C=C2)CCOc2ccc(CCCCN)cc2)O1. The number of rotatable bonds is 18. The summed E-state index contributed by atoms with van der Waals surface area (Å²) in [6.07, 6.45) is 10.9. The molecular formula is C28H46N2O5. The van der Waals surface area contributed by atoms with E-state index in [2.05, 4.69) is 29.2 Å². The number of unbranched alkanes of at least 4 members (excludes halogenated alkanes) is 3. The van der Waals surface area contributed by atoms with E-state index in [4.69, 9.17) is 19.9 Å². The highest BCUT2D eigenvalue weighted by atomic mass is 16.7. The molecule has 1 fully saturated rings. The molecule has 4 atom stereocenters. The highest BCUT2D eigenvalue weighted by molar-refractivity contribution is 5.27. The molecule has 1 aromatic carbocycles. The van der Waals surface area contributed by atoms with Crippen LogP contribution in [0.2, 0.25) is 0 Å². The largest absolute Gasteiger partial charge is 0.492 e. The minimum atomic E-state index is -0.702. The molecular weight excluding hydrogens is 444 g/mol. The van der Waals surface area contributed by atoms with E-state index in [0.29, 0.717) is 19.6 Å². The number of hydrogen-bond acceptors (Lipinski definition) is 7. The van der Waals surface area contributed by atoms with Gasteiger partial charge in [0.1, 0.15) is 18.5 Å². The van der Waals surface area contributed by atoms with E-state index in [1.807, 2.05) is 19.1 Å². The van der Waals surface area contributed by atoms with Crippen molar-refractivity contribution in [2.45, 2.75) is 82.9 Å². The number of aliphatic hydroxyl groups excluding tert-OH is 2. The molecule has 1 saturated heterocycles. The number of nitrogens with zero attached hydrogens (tertiary/aromatic N) is 1. The third-order valence-electron chi connectivity index (χ3n) is 6.77. The van der Waals surface area contributed by atoms with Crippen molar-refractivity contribution in [2.24, 2.45) is 11.7 Å². The van der Waals surface area contributed by atoms with Gasteiger partial charge in [0.05, 0.1) is 18.8 Å².